The van der Waals surface area contributed by atoms with Crippen LogP contribution in [0.2, 0.25) is 0 Å². The van der Waals surface area contributed by atoms with Crippen molar-refractivity contribution in [2.75, 3.05) is 44.8 Å². The summed E-state index contributed by atoms with van der Waals surface area (Å²) in [5.41, 5.74) is 1.59. The maximum atomic E-state index is 5.31. The molecule has 0 radical (unpaired) electrons. The van der Waals surface area contributed by atoms with E-state index in [0.29, 0.717) is 12.0 Å². The molecule has 0 atom stereocenters. The number of guanidine groups is 1. The molecule has 1 aromatic rings. The second-order valence-corrected chi connectivity index (χ2v) is 8.22. The first kappa shape index (κ1) is 24.2. The predicted octanol–water partition coefficient (Wildman–Crippen LogP) is 3.95. The van der Waals surface area contributed by atoms with Gasteiger partial charge in [0.2, 0.25) is 0 Å². The number of rotatable bonds is 9. The average molecular weight is 515 g/mol. The third-order valence-electron chi connectivity index (χ3n) is 6.14. The molecule has 2 fully saturated rings. The van der Waals surface area contributed by atoms with Crippen molar-refractivity contribution >= 4 is 35.8 Å². The Bertz CT molecular complexity index is 629. The summed E-state index contributed by atoms with van der Waals surface area (Å²) < 4.78 is 5.31. The molecule has 2 heterocycles. The number of hydrogen-bond donors (Lipinski definition) is 2. The van der Waals surface area contributed by atoms with Crippen LogP contribution in [-0.4, -0.2) is 50.8 Å². The second kappa shape index (κ2) is 12.6. The highest BCUT2D eigenvalue weighted by Gasteiger charge is 2.36. The average Bonchev–Trinajstić information content (AvgIpc) is 2.71. The van der Waals surface area contributed by atoms with Crippen molar-refractivity contribution < 1.29 is 4.74 Å². The van der Waals surface area contributed by atoms with Gasteiger partial charge in [-0.15, -0.1) is 24.0 Å². The molecule has 1 aliphatic heterocycles. The summed E-state index contributed by atoms with van der Waals surface area (Å²) in [5, 5.41) is 6.97. The van der Waals surface area contributed by atoms with E-state index in [1.807, 2.05) is 6.20 Å². The van der Waals surface area contributed by atoms with Crippen molar-refractivity contribution in [1.29, 1.82) is 0 Å². The van der Waals surface area contributed by atoms with Crippen molar-refractivity contribution in [3.63, 3.8) is 0 Å². The third-order valence-corrected chi connectivity index (χ3v) is 6.14. The van der Waals surface area contributed by atoms with Gasteiger partial charge in [0, 0.05) is 46.1 Å². The number of ether oxygens (including phenoxy) is 1. The van der Waals surface area contributed by atoms with Gasteiger partial charge >= 0.3 is 0 Å². The normalized spacial score (nSPS) is 18.6. The number of halogens is 1. The topological polar surface area (TPSA) is 61.8 Å². The number of piperidine rings is 1. The highest BCUT2D eigenvalue weighted by Crippen LogP contribution is 2.43. The Hall–Kier alpha value is -1.09. The fourth-order valence-corrected chi connectivity index (χ4v) is 4.15. The SMILES string of the molecule is CCNC(=NCc1ccnc(N2CCCCC2)c1)NCC1(CCOC)CCC1.I. The molecule has 1 aliphatic carbocycles. The molecule has 6 nitrogen and oxygen atoms in total. The van der Waals surface area contributed by atoms with Crippen LogP contribution in [0.5, 0.6) is 0 Å². The lowest BCUT2D eigenvalue weighted by Gasteiger charge is -2.42. The Kier molecular flexibility index (Phi) is 10.5. The van der Waals surface area contributed by atoms with E-state index in [1.54, 1.807) is 7.11 Å². The van der Waals surface area contributed by atoms with Gasteiger partial charge in [-0.05, 0) is 68.6 Å². The number of methoxy groups -OCH3 is 1. The van der Waals surface area contributed by atoms with E-state index in [0.717, 1.165) is 51.0 Å². The molecule has 0 bridgehead atoms. The maximum absolute atomic E-state index is 5.31. The molecule has 7 heteroatoms. The van der Waals surface area contributed by atoms with Crippen molar-refractivity contribution in [3.8, 4) is 0 Å². The molecule has 0 spiro atoms. The van der Waals surface area contributed by atoms with Crippen molar-refractivity contribution in [2.24, 2.45) is 10.4 Å². The van der Waals surface area contributed by atoms with Crippen molar-refractivity contribution in [3.05, 3.63) is 23.9 Å². The van der Waals surface area contributed by atoms with E-state index in [4.69, 9.17) is 9.73 Å². The van der Waals surface area contributed by atoms with E-state index >= 15 is 0 Å². The number of pyridine rings is 1. The number of nitrogens with zero attached hydrogens (tertiary/aromatic N) is 3. The first-order valence-corrected chi connectivity index (χ1v) is 11.0. The Morgan fingerprint density at radius 1 is 1.21 bits per heavy atom. The molecular formula is C22H38IN5O. The van der Waals surface area contributed by atoms with Crippen LogP contribution >= 0.6 is 24.0 Å². The Morgan fingerprint density at radius 2 is 2.00 bits per heavy atom. The fourth-order valence-electron chi connectivity index (χ4n) is 4.15. The summed E-state index contributed by atoms with van der Waals surface area (Å²) in [6.07, 6.45) is 10.8. The number of nitrogens with one attached hydrogen (secondary N) is 2. The number of anilines is 1. The first-order valence-electron chi connectivity index (χ1n) is 11.0. The van der Waals surface area contributed by atoms with E-state index in [9.17, 15) is 0 Å². The van der Waals surface area contributed by atoms with Gasteiger partial charge in [0.25, 0.3) is 0 Å². The second-order valence-electron chi connectivity index (χ2n) is 8.22. The molecule has 29 heavy (non-hydrogen) atoms. The smallest absolute Gasteiger partial charge is 0.191 e. The maximum Gasteiger partial charge on any atom is 0.191 e. The van der Waals surface area contributed by atoms with Crippen LogP contribution in [0.15, 0.2) is 23.3 Å². The van der Waals surface area contributed by atoms with Crippen LogP contribution in [0.25, 0.3) is 0 Å². The number of aromatic nitrogens is 1. The Morgan fingerprint density at radius 3 is 2.66 bits per heavy atom. The van der Waals surface area contributed by atoms with Gasteiger partial charge in [-0.3, -0.25) is 0 Å². The molecule has 1 saturated heterocycles. The van der Waals surface area contributed by atoms with Crippen molar-refractivity contribution in [2.45, 2.75) is 58.4 Å². The van der Waals surface area contributed by atoms with E-state index in [-0.39, 0.29) is 24.0 Å². The van der Waals surface area contributed by atoms with Crippen LogP contribution in [0.3, 0.4) is 0 Å². The molecule has 1 saturated carbocycles. The minimum atomic E-state index is 0. The first-order chi connectivity index (χ1) is 13.7. The van der Waals surface area contributed by atoms with Gasteiger partial charge in [-0.2, -0.15) is 0 Å². The van der Waals surface area contributed by atoms with Gasteiger partial charge in [0.15, 0.2) is 5.96 Å². The minimum Gasteiger partial charge on any atom is -0.385 e. The van der Waals surface area contributed by atoms with Crippen molar-refractivity contribution in [1.82, 2.24) is 15.6 Å². The van der Waals surface area contributed by atoms with Crippen LogP contribution in [0.1, 0.15) is 57.4 Å². The highest BCUT2D eigenvalue weighted by molar-refractivity contribution is 14.0. The summed E-state index contributed by atoms with van der Waals surface area (Å²) in [5.74, 6) is 2.00. The minimum absolute atomic E-state index is 0. The lowest BCUT2D eigenvalue weighted by Crippen LogP contribution is -2.46. The zero-order valence-electron chi connectivity index (χ0n) is 18.1. The standard InChI is InChI=1S/C22H37N5O.HI/c1-3-23-21(26-18-22(9-7-10-22)11-15-28-2)25-17-19-8-12-24-20(16-19)27-13-5-4-6-14-27;/h8,12,16H,3-7,9-11,13-15,17-18H2,1-2H3,(H2,23,25,26);1H. The van der Waals surface area contributed by atoms with Gasteiger partial charge in [-0.1, -0.05) is 6.42 Å². The lowest BCUT2D eigenvalue weighted by atomic mass is 9.67. The zero-order chi connectivity index (χ0) is 19.7. The molecule has 0 unspecified atom stereocenters. The highest BCUT2D eigenvalue weighted by atomic mass is 127. The van der Waals surface area contributed by atoms with Gasteiger partial charge < -0.3 is 20.3 Å². The molecule has 1 aromatic heterocycles. The number of hydrogen-bond acceptors (Lipinski definition) is 4. The summed E-state index contributed by atoms with van der Waals surface area (Å²) in [6, 6.07) is 4.27. The van der Waals surface area contributed by atoms with Crippen LogP contribution < -0.4 is 15.5 Å². The monoisotopic (exact) mass is 515 g/mol. The Balaban J connectivity index is 0.00000300. The zero-order valence-corrected chi connectivity index (χ0v) is 20.4. The molecule has 164 valence electrons. The molecular weight excluding hydrogens is 477 g/mol. The largest absolute Gasteiger partial charge is 0.385 e. The van der Waals surface area contributed by atoms with Crippen LogP contribution in [0, 0.1) is 5.41 Å². The number of aliphatic imine (C=N–C) groups is 1. The summed E-state index contributed by atoms with van der Waals surface area (Å²) in [7, 11) is 1.79. The molecule has 0 amide bonds. The lowest BCUT2D eigenvalue weighted by molar-refractivity contribution is 0.0732. The molecule has 2 N–H and O–H groups in total. The van der Waals surface area contributed by atoms with E-state index in [1.165, 1.54) is 44.1 Å². The van der Waals surface area contributed by atoms with E-state index < -0.39 is 0 Å². The van der Waals surface area contributed by atoms with Gasteiger partial charge in [0.05, 0.1) is 6.54 Å². The van der Waals surface area contributed by atoms with E-state index in [2.05, 4.69) is 39.6 Å². The summed E-state index contributed by atoms with van der Waals surface area (Å²) in [4.78, 5) is 11.8. The quantitative estimate of drug-likeness (QED) is 0.296. The van der Waals surface area contributed by atoms with Gasteiger partial charge in [-0.25, -0.2) is 9.98 Å². The molecule has 2 aliphatic rings. The molecule has 3 rings (SSSR count). The predicted molar refractivity (Wildman–Crippen MR) is 131 cm³/mol. The summed E-state index contributed by atoms with van der Waals surface area (Å²) in [6.45, 7) is 7.70. The van der Waals surface area contributed by atoms with Crippen LogP contribution in [-0.2, 0) is 11.3 Å². The third kappa shape index (κ3) is 7.27. The Labute approximate surface area is 193 Å². The summed E-state index contributed by atoms with van der Waals surface area (Å²) >= 11 is 0. The fraction of sp³-hybridized carbons (Fsp3) is 0.727. The molecule has 0 aromatic carbocycles. The van der Waals surface area contributed by atoms with Gasteiger partial charge in [0.1, 0.15) is 5.82 Å². The van der Waals surface area contributed by atoms with Crippen LogP contribution in [0.4, 0.5) is 5.82 Å².